The molecule has 0 spiro atoms. The van der Waals surface area contributed by atoms with Crippen molar-refractivity contribution in [2.24, 2.45) is 17.8 Å². The van der Waals surface area contributed by atoms with Crippen molar-refractivity contribution in [1.82, 2.24) is 10.2 Å². The zero-order valence-corrected chi connectivity index (χ0v) is 13.4. The Hall–Kier alpha value is -0.0800. The number of nitrogens with one attached hydrogen (secondary N) is 1. The van der Waals surface area contributed by atoms with Crippen molar-refractivity contribution in [2.75, 3.05) is 19.6 Å². The molecule has 0 bridgehead atoms. The summed E-state index contributed by atoms with van der Waals surface area (Å²) >= 11 is 0. The molecule has 1 N–H and O–H groups in total. The molecule has 2 nitrogen and oxygen atoms in total. The predicted molar refractivity (Wildman–Crippen MR) is 80.9 cm³/mol. The third kappa shape index (κ3) is 4.89. The summed E-state index contributed by atoms with van der Waals surface area (Å²) < 4.78 is 0. The van der Waals surface area contributed by atoms with Crippen LogP contribution in [0.5, 0.6) is 0 Å². The minimum absolute atomic E-state index is 0.713. The second-order valence-corrected chi connectivity index (χ2v) is 6.96. The molecule has 0 atom stereocenters. The summed E-state index contributed by atoms with van der Waals surface area (Å²) in [6.45, 7) is 17.8. The lowest BCUT2D eigenvalue weighted by Crippen LogP contribution is -2.46. The molecule has 0 aliphatic carbocycles. The van der Waals surface area contributed by atoms with Gasteiger partial charge in [0, 0.05) is 12.1 Å². The van der Waals surface area contributed by atoms with Gasteiger partial charge in [-0.2, -0.15) is 0 Å². The van der Waals surface area contributed by atoms with E-state index in [0.717, 1.165) is 23.8 Å². The van der Waals surface area contributed by atoms with Crippen molar-refractivity contribution in [3.63, 3.8) is 0 Å². The molecule has 2 heteroatoms. The lowest BCUT2D eigenvalue weighted by Gasteiger charge is -2.36. The second kappa shape index (κ2) is 7.49. The van der Waals surface area contributed by atoms with E-state index in [2.05, 4.69) is 51.8 Å². The van der Waals surface area contributed by atoms with Crippen LogP contribution >= 0.6 is 0 Å². The summed E-state index contributed by atoms with van der Waals surface area (Å²) in [6.07, 6.45) is 2.64. The predicted octanol–water partition coefficient (Wildman–Crippen LogP) is 3.38. The quantitative estimate of drug-likeness (QED) is 0.782. The fourth-order valence-electron chi connectivity index (χ4n) is 3.16. The molecule has 0 radical (unpaired) electrons. The van der Waals surface area contributed by atoms with E-state index in [-0.39, 0.29) is 0 Å². The van der Waals surface area contributed by atoms with Crippen molar-refractivity contribution in [3.05, 3.63) is 0 Å². The van der Waals surface area contributed by atoms with Crippen LogP contribution < -0.4 is 5.32 Å². The van der Waals surface area contributed by atoms with Gasteiger partial charge < -0.3 is 10.2 Å². The van der Waals surface area contributed by atoms with Crippen molar-refractivity contribution >= 4 is 0 Å². The SMILES string of the molecule is CC(C)C(CNC1CCN(C(C)C)CC1)C(C)C. The first-order chi connectivity index (χ1) is 8.41. The number of piperidine rings is 1. The molecule has 18 heavy (non-hydrogen) atoms. The molecule has 0 unspecified atom stereocenters. The van der Waals surface area contributed by atoms with Gasteiger partial charge in [-0.05, 0) is 64.1 Å². The maximum absolute atomic E-state index is 3.82. The van der Waals surface area contributed by atoms with Crippen LogP contribution in [0.3, 0.4) is 0 Å². The number of hydrogen-bond acceptors (Lipinski definition) is 2. The average molecular weight is 254 g/mol. The van der Waals surface area contributed by atoms with Gasteiger partial charge in [-0.1, -0.05) is 27.7 Å². The maximum atomic E-state index is 3.82. The first-order valence-corrected chi connectivity index (χ1v) is 7.89. The number of rotatable bonds is 6. The van der Waals surface area contributed by atoms with E-state index < -0.39 is 0 Å². The number of nitrogens with zero attached hydrogens (tertiary/aromatic N) is 1. The summed E-state index contributed by atoms with van der Waals surface area (Å²) in [5.74, 6) is 2.38. The third-order valence-electron chi connectivity index (χ3n) is 4.61. The van der Waals surface area contributed by atoms with Crippen molar-refractivity contribution < 1.29 is 0 Å². The Kier molecular flexibility index (Phi) is 6.65. The van der Waals surface area contributed by atoms with E-state index in [9.17, 15) is 0 Å². The van der Waals surface area contributed by atoms with Gasteiger partial charge in [-0.25, -0.2) is 0 Å². The van der Waals surface area contributed by atoms with Crippen LogP contribution in [0.25, 0.3) is 0 Å². The normalized spacial score (nSPS) is 19.7. The van der Waals surface area contributed by atoms with Gasteiger partial charge >= 0.3 is 0 Å². The van der Waals surface area contributed by atoms with Gasteiger partial charge in [0.2, 0.25) is 0 Å². The summed E-state index contributed by atoms with van der Waals surface area (Å²) in [6, 6.07) is 1.46. The molecular formula is C16H34N2. The fraction of sp³-hybridized carbons (Fsp3) is 1.00. The van der Waals surface area contributed by atoms with Gasteiger partial charge in [0.15, 0.2) is 0 Å². The van der Waals surface area contributed by atoms with E-state index in [1.165, 1.54) is 32.5 Å². The molecule has 0 aromatic rings. The first kappa shape index (κ1) is 16.0. The Morgan fingerprint density at radius 1 is 0.944 bits per heavy atom. The molecule has 0 saturated carbocycles. The first-order valence-electron chi connectivity index (χ1n) is 7.89. The van der Waals surface area contributed by atoms with E-state index in [4.69, 9.17) is 0 Å². The highest BCUT2D eigenvalue weighted by Gasteiger charge is 2.23. The topological polar surface area (TPSA) is 15.3 Å². The van der Waals surface area contributed by atoms with Crippen LogP contribution in [0.1, 0.15) is 54.4 Å². The van der Waals surface area contributed by atoms with Gasteiger partial charge in [-0.15, -0.1) is 0 Å². The van der Waals surface area contributed by atoms with Crippen molar-refractivity contribution in [3.8, 4) is 0 Å². The summed E-state index contributed by atoms with van der Waals surface area (Å²) in [5, 5.41) is 3.82. The third-order valence-corrected chi connectivity index (χ3v) is 4.61. The average Bonchev–Trinajstić information content (AvgIpc) is 2.28. The lowest BCUT2D eigenvalue weighted by atomic mass is 9.85. The van der Waals surface area contributed by atoms with Gasteiger partial charge in [-0.3, -0.25) is 0 Å². The molecule has 1 rings (SSSR count). The Morgan fingerprint density at radius 2 is 1.44 bits per heavy atom. The van der Waals surface area contributed by atoms with E-state index in [1.807, 2.05) is 0 Å². The molecule has 1 aliphatic heterocycles. The maximum Gasteiger partial charge on any atom is 0.00915 e. The van der Waals surface area contributed by atoms with Crippen LogP contribution in [0, 0.1) is 17.8 Å². The molecule has 0 aromatic heterocycles. The molecule has 1 fully saturated rings. The molecule has 1 aliphatic rings. The van der Waals surface area contributed by atoms with Crippen molar-refractivity contribution in [1.29, 1.82) is 0 Å². The Balaban J connectivity index is 2.28. The Bertz CT molecular complexity index is 207. The Labute approximate surface area is 115 Å². The summed E-state index contributed by atoms with van der Waals surface area (Å²) in [4.78, 5) is 2.60. The lowest BCUT2D eigenvalue weighted by molar-refractivity contribution is 0.154. The summed E-state index contributed by atoms with van der Waals surface area (Å²) in [5.41, 5.74) is 0. The molecule has 108 valence electrons. The Morgan fingerprint density at radius 3 is 1.83 bits per heavy atom. The highest BCUT2D eigenvalue weighted by molar-refractivity contribution is 4.80. The minimum Gasteiger partial charge on any atom is -0.314 e. The van der Waals surface area contributed by atoms with Gasteiger partial charge in [0.05, 0.1) is 0 Å². The number of likely N-dealkylation sites (tertiary alicyclic amines) is 1. The number of hydrogen-bond donors (Lipinski definition) is 1. The van der Waals surface area contributed by atoms with Gasteiger partial charge in [0.25, 0.3) is 0 Å². The minimum atomic E-state index is 0.713. The van der Waals surface area contributed by atoms with E-state index >= 15 is 0 Å². The van der Waals surface area contributed by atoms with Crippen LogP contribution in [0.15, 0.2) is 0 Å². The molecular weight excluding hydrogens is 220 g/mol. The van der Waals surface area contributed by atoms with Crippen LogP contribution in [-0.4, -0.2) is 36.6 Å². The fourth-order valence-corrected chi connectivity index (χ4v) is 3.16. The molecule has 1 heterocycles. The highest BCUT2D eigenvalue weighted by Crippen LogP contribution is 2.20. The van der Waals surface area contributed by atoms with Gasteiger partial charge in [0.1, 0.15) is 0 Å². The monoisotopic (exact) mass is 254 g/mol. The largest absolute Gasteiger partial charge is 0.314 e. The second-order valence-electron chi connectivity index (χ2n) is 6.96. The zero-order valence-electron chi connectivity index (χ0n) is 13.4. The van der Waals surface area contributed by atoms with E-state index in [1.54, 1.807) is 0 Å². The molecule has 0 amide bonds. The smallest absolute Gasteiger partial charge is 0.00915 e. The molecule has 1 saturated heterocycles. The van der Waals surface area contributed by atoms with Crippen LogP contribution in [-0.2, 0) is 0 Å². The summed E-state index contributed by atoms with van der Waals surface area (Å²) in [7, 11) is 0. The molecule has 0 aromatic carbocycles. The standard InChI is InChI=1S/C16H34N2/c1-12(2)16(13(3)4)11-17-15-7-9-18(10-8-15)14(5)6/h12-17H,7-11H2,1-6H3. The van der Waals surface area contributed by atoms with Crippen LogP contribution in [0.4, 0.5) is 0 Å². The van der Waals surface area contributed by atoms with Crippen molar-refractivity contribution in [2.45, 2.75) is 66.5 Å². The highest BCUT2D eigenvalue weighted by atomic mass is 15.2. The van der Waals surface area contributed by atoms with Crippen LogP contribution in [0.2, 0.25) is 0 Å². The van der Waals surface area contributed by atoms with E-state index in [0.29, 0.717) is 6.04 Å². The zero-order chi connectivity index (χ0) is 13.7.